The maximum absolute atomic E-state index is 10.9. The lowest BCUT2D eigenvalue weighted by molar-refractivity contribution is -0.143. The Morgan fingerprint density at radius 3 is 2.60 bits per heavy atom. The zero-order valence-electron chi connectivity index (χ0n) is 12.3. The van der Waals surface area contributed by atoms with Gasteiger partial charge >= 0.3 is 5.97 Å². The van der Waals surface area contributed by atoms with E-state index in [9.17, 15) is 4.79 Å². The van der Waals surface area contributed by atoms with Crippen molar-refractivity contribution in [2.75, 3.05) is 25.4 Å². The second kappa shape index (κ2) is 7.14. The van der Waals surface area contributed by atoms with Gasteiger partial charge in [-0.15, -0.1) is 11.8 Å². The second-order valence-electron chi connectivity index (χ2n) is 5.55. The first-order chi connectivity index (χ1) is 9.56. The Morgan fingerprint density at radius 1 is 1.30 bits per heavy atom. The van der Waals surface area contributed by atoms with Crippen molar-refractivity contribution in [3.05, 3.63) is 29.3 Å². The highest BCUT2D eigenvalue weighted by atomic mass is 32.2. The molecule has 4 heteroatoms. The molecule has 0 saturated carbocycles. The number of aliphatic carboxylic acids is 1. The van der Waals surface area contributed by atoms with E-state index in [1.165, 1.54) is 16.0 Å². The molecule has 0 aromatic heterocycles. The van der Waals surface area contributed by atoms with Crippen LogP contribution >= 0.6 is 11.8 Å². The van der Waals surface area contributed by atoms with Gasteiger partial charge in [0.05, 0.1) is 5.92 Å². The predicted octanol–water partition coefficient (Wildman–Crippen LogP) is 3.19. The predicted molar refractivity (Wildman–Crippen MR) is 83.4 cm³/mol. The Balaban J connectivity index is 1.71. The largest absolute Gasteiger partial charge is 0.481 e. The Bertz CT molecular complexity index is 468. The van der Waals surface area contributed by atoms with Crippen LogP contribution in [0.5, 0.6) is 0 Å². The summed E-state index contributed by atoms with van der Waals surface area (Å²) in [4.78, 5) is 14.6. The van der Waals surface area contributed by atoms with Gasteiger partial charge in [-0.05, 0) is 63.0 Å². The molecule has 1 aliphatic heterocycles. The Hall–Kier alpha value is -1.00. The quantitative estimate of drug-likeness (QED) is 0.846. The van der Waals surface area contributed by atoms with E-state index in [2.05, 4.69) is 36.9 Å². The van der Waals surface area contributed by atoms with Gasteiger partial charge in [0.2, 0.25) is 0 Å². The molecule has 1 saturated heterocycles. The lowest BCUT2D eigenvalue weighted by Gasteiger charge is -2.29. The minimum absolute atomic E-state index is 0.126. The Labute approximate surface area is 125 Å². The van der Waals surface area contributed by atoms with Gasteiger partial charge in [0.25, 0.3) is 0 Å². The summed E-state index contributed by atoms with van der Waals surface area (Å²) in [5, 5.41) is 8.97. The monoisotopic (exact) mass is 293 g/mol. The van der Waals surface area contributed by atoms with Crippen molar-refractivity contribution in [3.63, 3.8) is 0 Å². The standard InChI is InChI=1S/C16H23NO2S/c1-12-3-4-15(11-13(12)2)20-10-9-17-7-5-14(6-8-17)16(18)19/h3-4,11,14H,5-10H2,1-2H3,(H,18,19). The molecule has 0 aliphatic carbocycles. The number of thioether (sulfide) groups is 1. The lowest BCUT2D eigenvalue weighted by Crippen LogP contribution is -2.37. The molecule has 0 radical (unpaired) electrons. The zero-order chi connectivity index (χ0) is 14.5. The van der Waals surface area contributed by atoms with Crippen molar-refractivity contribution in [2.24, 2.45) is 5.92 Å². The fraction of sp³-hybridized carbons (Fsp3) is 0.562. The summed E-state index contributed by atoms with van der Waals surface area (Å²) < 4.78 is 0. The molecule has 0 atom stereocenters. The van der Waals surface area contributed by atoms with E-state index in [-0.39, 0.29) is 5.92 Å². The van der Waals surface area contributed by atoms with Crippen molar-refractivity contribution in [1.29, 1.82) is 0 Å². The van der Waals surface area contributed by atoms with Gasteiger partial charge in [-0.1, -0.05) is 6.07 Å². The molecule has 1 aromatic rings. The van der Waals surface area contributed by atoms with Gasteiger partial charge in [0.1, 0.15) is 0 Å². The fourth-order valence-corrected chi connectivity index (χ4v) is 3.51. The molecule has 20 heavy (non-hydrogen) atoms. The zero-order valence-corrected chi connectivity index (χ0v) is 13.1. The number of likely N-dealkylation sites (tertiary alicyclic amines) is 1. The second-order valence-corrected chi connectivity index (χ2v) is 6.72. The fourth-order valence-electron chi connectivity index (χ4n) is 2.50. The number of hydrogen-bond acceptors (Lipinski definition) is 3. The number of benzene rings is 1. The molecule has 1 heterocycles. The molecular formula is C16H23NO2S. The van der Waals surface area contributed by atoms with E-state index < -0.39 is 5.97 Å². The van der Waals surface area contributed by atoms with E-state index in [0.717, 1.165) is 38.2 Å². The Morgan fingerprint density at radius 2 is 2.00 bits per heavy atom. The van der Waals surface area contributed by atoms with Gasteiger partial charge in [-0.3, -0.25) is 4.79 Å². The highest BCUT2D eigenvalue weighted by molar-refractivity contribution is 7.99. The van der Waals surface area contributed by atoms with Crippen molar-refractivity contribution < 1.29 is 9.90 Å². The van der Waals surface area contributed by atoms with E-state index in [0.29, 0.717) is 0 Å². The number of carbonyl (C=O) groups is 1. The average molecular weight is 293 g/mol. The number of carboxylic acids is 1. The van der Waals surface area contributed by atoms with Crippen LogP contribution in [0.15, 0.2) is 23.1 Å². The van der Waals surface area contributed by atoms with Crippen molar-refractivity contribution in [3.8, 4) is 0 Å². The molecule has 0 amide bonds. The SMILES string of the molecule is Cc1ccc(SCCN2CCC(C(=O)O)CC2)cc1C. The van der Waals surface area contributed by atoms with Crippen LogP contribution in [-0.2, 0) is 4.79 Å². The molecule has 1 aromatic carbocycles. The van der Waals surface area contributed by atoms with Gasteiger partial charge < -0.3 is 10.0 Å². The summed E-state index contributed by atoms with van der Waals surface area (Å²) in [5.41, 5.74) is 2.68. The van der Waals surface area contributed by atoms with Crippen LogP contribution in [0.25, 0.3) is 0 Å². The molecule has 0 spiro atoms. The lowest BCUT2D eigenvalue weighted by atomic mass is 9.97. The van der Waals surface area contributed by atoms with Crippen LogP contribution in [-0.4, -0.2) is 41.4 Å². The van der Waals surface area contributed by atoms with Crippen LogP contribution < -0.4 is 0 Å². The van der Waals surface area contributed by atoms with Crippen LogP contribution in [0.3, 0.4) is 0 Å². The average Bonchev–Trinajstić information content (AvgIpc) is 2.43. The van der Waals surface area contributed by atoms with Crippen LogP contribution in [0, 0.1) is 19.8 Å². The summed E-state index contributed by atoms with van der Waals surface area (Å²) in [6.45, 7) is 7.17. The van der Waals surface area contributed by atoms with Gasteiger partial charge in [0, 0.05) is 17.2 Å². The normalized spacial score (nSPS) is 17.3. The number of carboxylic acid groups (broad SMARTS) is 1. The van der Waals surface area contributed by atoms with Crippen LogP contribution in [0.2, 0.25) is 0 Å². The molecule has 1 fully saturated rings. The van der Waals surface area contributed by atoms with Crippen molar-refractivity contribution >= 4 is 17.7 Å². The number of nitrogens with zero attached hydrogens (tertiary/aromatic N) is 1. The van der Waals surface area contributed by atoms with E-state index >= 15 is 0 Å². The molecule has 0 unspecified atom stereocenters. The summed E-state index contributed by atoms with van der Waals surface area (Å²) >= 11 is 1.89. The van der Waals surface area contributed by atoms with Gasteiger partial charge in [0.15, 0.2) is 0 Å². The number of piperidine rings is 1. The Kier molecular flexibility index (Phi) is 5.49. The summed E-state index contributed by atoms with van der Waals surface area (Å²) in [6.07, 6.45) is 1.59. The topological polar surface area (TPSA) is 40.5 Å². The third kappa shape index (κ3) is 4.25. The molecule has 2 rings (SSSR count). The minimum atomic E-state index is -0.630. The number of rotatable bonds is 5. The third-order valence-electron chi connectivity index (χ3n) is 4.09. The van der Waals surface area contributed by atoms with E-state index in [1.54, 1.807) is 0 Å². The highest BCUT2D eigenvalue weighted by Gasteiger charge is 2.23. The maximum Gasteiger partial charge on any atom is 0.306 e. The number of aryl methyl sites for hydroxylation is 2. The smallest absolute Gasteiger partial charge is 0.306 e. The van der Waals surface area contributed by atoms with Gasteiger partial charge in [-0.2, -0.15) is 0 Å². The molecule has 1 N–H and O–H groups in total. The molecule has 0 bridgehead atoms. The number of hydrogen-bond donors (Lipinski definition) is 1. The molecular weight excluding hydrogens is 270 g/mol. The summed E-state index contributed by atoms with van der Waals surface area (Å²) in [6, 6.07) is 6.61. The van der Waals surface area contributed by atoms with E-state index in [1.807, 2.05) is 11.8 Å². The highest BCUT2D eigenvalue weighted by Crippen LogP contribution is 2.22. The molecule has 1 aliphatic rings. The first-order valence-electron chi connectivity index (χ1n) is 7.21. The first kappa shape index (κ1) is 15.4. The van der Waals surface area contributed by atoms with Crippen LogP contribution in [0.4, 0.5) is 0 Å². The van der Waals surface area contributed by atoms with Crippen molar-refractivity contribution in [1.82, 2.24) is 4.90 Å². The summed E-state index contributed by atoms with van der Waals surface area (Å²) in [5.74, 6) is 0.313. The minimum Gasteiger partial charge on any atom is -0.481 e. The van der Waals surface area contributed by atoms with E-state index in [4.69, 9.17) is 5.11 Å². The molecule has 3 nitrogen and oxygen atoms in total. The molecule has 110 valence electrons. The van der Waals surface area contributed by atoms with Crippen LogP contribution in [0.1, 0.15) is 24.0 Å². The third-order valence-corrected chi connectivity index (χ3v) is 5.07. The summed E-state index contributed by atoms with van der Waals surface area (Å²) in [7, 11) is 0. The maximum atomic E-state index is 10.9. The van der Waals surface area contributed by atoms with Crippen molar-refractivity contribution in [2.45, 2.75) is 31.6 Å². The van der Waals surface area contributed by atoms with Gasteiger partial charge in [-0.25, -0.2) is 0 Å². The first-order valence-corrected chi connectivity index (χ1v) is 8.20.